The molecule has 0 saturated heterocycles. The highest BCUT2D eigenvalue weighted by molar-refractivity contribution is 7.89. The minimum atomic E-state index is -4.53. The average Bonchev–Trinajstić information content (AvgIpc) is 2.13. The zero-order valence-corrected chi connectivity index (χ0v) is 11.1. The highest BCUT2D eigenvalue weighted by atomic mass is 32.2. The van der Waals surface area contributed by atoms with E-state index in [9.17, 15) is 16.8 Å². The molecule has 1 rings (SSSR count). The second kappa shape index (κ2) is 4.94. The summed E-state index contributed by atoms with van der Waals surface area (Å²) in [5, 5.41) is 13.8. The van der Waals surface area contributed by atoms with Gasteiger partial charge in [0.1, 0.15) is 0 Å². The predicted octanol–water partition coefficient (Wildman–Crippen LogP) is -0.576. The van der Waals surface area contributed by atoms with E-state index in [1.165, 1.54) is 13.0 Å². The van der Waals surface area contributed by atoms with Crippen LogP contribution in [0.25, 0.3) is 0 Å². The fraction of sp³-hybridized carbons (Fsp3) is 0.333. The summed E-state index contributed by atoms with van der Waals surface area (Å²) in [7, 11) is -8.67. The molecule has 0 aliphatic carbocycles. The van der Waals surface area contributed by atoms with Crippen LogP contribution in [0.15, 0.2) is 21.9 Å². The molecule has 0 spiro atoms. The molecule has 102 valence electrons. The van der Waals surface area contributed by atoms with E-state index in [2.05, 4.69) is 0 Å². The molecule has 0 amide bonds. The van der Waals surface area contributed by atoms with Crippen LogP contribution in [-0.2, 0) is 26.6 Å². The Labute approximate surface area is 105 Å². The smallest absolute Gasteiger partial charge is 0.294 e. The fourth-order valence-corrected chi connectivity index (χ4v) is 3.20. The van der Waals surface area contributed by atoms with Crippen molar-refractivity contribution in [3.63, 3.8) is 0 Å². The lowest BCUT2D eigenvalue weighted by Gasteiger charge is -2.11. The zero-order chi connectivity index (χ0) is 14.1. The normalized spacial score (nSPS) is 12.7. The number of sulfonamides is 1. The number of hydrogen-bond acceptors (Lipinski definition) is 5. The molecule has 0 unspecified atom stereocenters. The summed E-state index contributed by atoms with van der Waals surface area (Å²) in [4.78, 5) is -0.942. The monoisotopic (exact) mass is 295 g/mol. The third-order valence-electron chi connectivity index (χ3n) is 2.32. The van der Waals surface area contributed by atoms with Gasteiger partial charge in [0, 0.05) is 6.61 Å². The van der Waals surface area contributed by atoms with E-state index in [1.807, 2.05) is 0 Å². The minimum absolute atomic E-state index is 0.0123. The van der Waals surface area contributed by atoms with E-state index in [0.717, 1.165) is 6.07 Å². The largest absolute Gasteiger partial charge is 0.396 e. The Hall–Kier alpha value is -1.00. The van der Waals surface area contributed by atoms with Gasteiger partial charge in [0.05, 0.1) is 9.79 Å². The standard InChI is InChI=1S/C9H13NO6S2/c1-6-4-7(2-3-11)9(17(10,12)13)5-8(6)18(14,15)16/h4-5,11H,2-3H2,1H3,(H2,10,12,13)(H,14,15,16). The predicted molar refractivity (Wildman–Crippen MR) is 63.2 cm³/mol. The number of nitrogens with two attached hydrogens (primary N) is 1. The first-order valence-electron chi connectivity index (χ1n) is 4.82. The number of benzene rings is 1. The number of primary sulfonamides is 1. The van der Waals surface area contributed by atoms with Crippen LogP contribution >= 0.6 is 0 Å². The van der Waals surface area contributed by atoms with Crippen LogP contribution in [0.5, 0.6) is 0 Å². The van der Waals surface area contributed by atoms with E-state index in [-0.39, 0.29) is 24.2 Å². The Kier molecular flexibility index (Phi) is 4.13. The van der Waals surface area contributed by atoms with E-state index in [4.69, 9.17) is 14.8 Å². The van der Waals surface area contributed by atoms with Gasteiger partial charge in [-0.1, -0.05) is 6.07 Å². The summed E-state index contributed by atoms with van der Waals surface area (Å²) in [6.07, 6.45) is 0.0123. The zero-order valence-electron chi connectivity index (χ0n) is 9.49. The van der Waals surface area contributed by atoms with Crippen molar-refractivity contribution in [2.45, 2.75) is 23.1 Å². The molecule has 0 aromatic heterocycles. The van der Waals surface area contributed by atoms with Gasteiger partial charge in [0.2, 0.25) is 10.0 Å². The van der Waals surface area contributed by atoms with Crippen LogP contribution < -0.4 is 5.14 Å². The third-order valence-corrected chi connectivity index (χ3v) is 4.31. The maximum atomic E-state index is 11.3. The SMILES string of the molecule is Cc1cc(CCO)c(S(N)(=O)=O)cc1S(=O)(=O)O. The molecule has 4 N–H and O–H groups in total. The van der Waals surface area contributed by atoms with Gasteiger partial charge in [0.25, 0.3) is 10.1 Å². The van der Waals surface area contributed by atoms with Crippen LogP contribution in [0.2, 0.25) is 0 Å². The highest BCUT2D eigenvalue weighted by Gasteiger charge is 2.21. The summed E-state index contributed by atoms with van der Waals surface area (Å²) >= 11 is 0. The Morgan fingerprint density at radius 2 is 1.72 bits per heavy atom. The number of aliphatic hydroxyl groups is 1. The molecule has 7 nitrogen and oxygen atoms in total. The molecule has 0 saturated carbocycles. The Morgan fingerprint density at radius 3 is 2.11 bits per heavy atom. The lowest BCUT2D eigenvalue weighted by Crippen LogP contribution is -2.17. The number of aliphatic hydroxyl groups excluding tert-OH is 1. The second-order valence-electron chi connectivity index (χ2n) is 3.72. The lowest BCUT2D eigenvalue weighted by atomic mass is 10.1. The van der Waals surface area contributed by atoms with Crippen molar-refractivity contribution in [1.29, 1.82) is 0 Å². The van der Waals surface area contributed by atoms with Gasteiger partial charge in [-0.15, -0.1) is 0 Å². The van der Waals surface area contributed by atoms with Crippen LogP contribution in [0.3, 0.4) is 0 Å². The molecule has 1 aromatic carbocycles. The average molecular weight is 295 g/mol. The maximum absolute atomic E-state index is 11.3. The van der Waals surface area contributed by atoms with Gasteiger partial charge in [-0.2, -0.15) is 8.42 Å². The topological polar surface area (TPSA) is 135 Å². The van der Waals surface area contributed by atoms with Crippen molar-refractivity contribution >= 4 is 20.1 Å². The van der Waals surface area contributed by atoms with E-state index >= 15 is 0 Å². The van der Waals surface area contributed by atoms with Crippen molar-refractivity contribution in [3.05, 3.63) is 23.3 Å². The molecule has 0 aliphatic heterocycles. The Balaban J connectivity index is 3.67. The van der Waals surface area contributed by atoms with Crippen LogP contribution in [-0.4, -0.2) is 33.1 Å². The Morgan fingerprint density at radius 1 is 1.17 bits per heavy atom. The second-order valence-corrected chi connectivity index (χ2v) is 6.64. The molecule has 9 heteroatoms. The van der Waals surface area contributed by atoms with Gasteiger partial charge in [-0.05, 0) is 30.5 Å². The molecule has 18 heavy (non-hydrogen) atoms. The first-order valence-corrected chi connectivity index (χ1v) is 7.80. The summed E-state index contributed by atoms with van der Waals surface area (Å²) in [5.41, 5.74) is 0.373. The number of rotatable bonds is 4. The summed E-state index contributed by atoms with van der Waals surface area (Å²) in [6.45, 7) is 1.09. The number of hydrogen-bond donors (Lipinski definition) is 3. The van der Waals surface area contributed by atoms with Crippen LogP contribution in [0.4, 0.5) is 0 Å². The van der Waals surface area contributed by atoms with Gasteiger partial charge in [-0.3, -0.25) is 4.55 Å². The van der Waals surface area contributed by atoms with Crippen molar-refractivity contribution in [1.82, 2.24) is 0 Å². The quantitative estimate of drug-likeness (QED) is 0.636. The molecule has 0 heterocycles. The van der Waals surface area contributed by atoms with Crippen molar-refractivity contribution in [2.75, 3.05) is 6.61 Å². The van der Waals surface area contributed by atoms with Crippen molar-refractivity contribution < 1.29 is 26.5 Å². The third kappa shape index (κ3) is 3.27. The first kappa shape index (κ1) is 15.1. The highest BCUT2D eigenvalue weighted by Crippen LogP contribution is 2.24. The van der Waals surface area contributed by atoms with Gasteiger partial charge >= 0.3 is 0 Å². The van der Waals surface area contributed by atoms with Crippen LogP contribution in [0, 0.1) is 6.92 Å². The number of aryl methyl sites for hydroxylation is 1. The first-order chi connectivity index (χ1) is 8.07. The summed E-state index contributed by atoms with van der Waals surface area (Å²) < 4.78 is 53.8. The van der Waals surface area contributed by atoms with Gasteiger partial charge in [0.15, 0.2) is 0 Å². The molecule has 0 radical (unpaired) electrons. The Bertz CT molecular complexity index is 663. The lowest BCUT2D eigenvalue weighted by molar-refractivity contribution is 0.298. The summed E-state index contributed by atoms with van der Waals surface area (Å²) in [6, 6.07) is 2.06. The van der Waals surface area contributed by atoms with E-state index < -0.39 is 29.9 Å². The van der Waals surface area contributed by atoms with E-state index in [1.54, 1.807) is 0 Å². The molecule has 0 fully saturated rings. The van der Waals surface area contributed by atoms with Gasteiger partial charge < -0.3 is 5.11 Å². The van der Waals surface area contributed by atoms with Gasteiger partial charge in [-0.25, -0.2) is 13.6 Å². The molecular formula is C9H13NO6S2. The van der Waals surface area contributed by atoms with Crippen molar-refractivity contribution in [3.8, 4) is 0 Å². The molecule has 0 atom stereocenters. The van der Waals surface area contributed by atoms with E-state index in [0.29, 0.717) is 0 Å². The molecule has 0 bridgehead atoms. The fourth-order valence-electron chi connectivity index (χ4n) is 1.59. The summed E-state index contributed by atoms with van der Waals surface area (Å²) in [5.74, 6) is 0. The molecule has 1 aromatic rings. The van der Waals surface area contributed by atoms with Crippen molar-refractivity contribution in [2.24, 2.45) is 5.14 Å². The maximum Gasteiger partial charge on any atom is 0.294 e. The molecular weight excluding hydrogens is 282 g/mol. The van der Waals surface area contributed by atoms with Crippen LogP contribution in [0.1, 0.15) is 11.1 Å². The molecule has 0 aliphatic rings. The minimum Gasteiger partial charge on any atom is -0.396 e.